The Hall–Kier alpha value is -1.53. The Labute approximate surface area is 128 Å². The van der Waals surface area contributed by atoms with Crippen molar-refractivity contribution in [2.24, 2.45) is 5.73 Å². The smallest absolute Gasteiger partial charge is 0.419 e. The summed E-state index contributed by atoms with van der Waals surface area (Å²) in [6.45, 7) is 0.440. The van der Waals surface area contributed by atoms with Gasteiger partial charge < -0.3 is 10.5 Å². The summed E-state index contributed by atoms with van der Waals surface area (Å²) in [5.74, 6) is -0.181. The quantitative estimate of drug-likeness (QED) is 0.871. The van der Waals surface area contributed by atoms with Gasteiger partial charge in [0.2, 0.25) is 0 Å². The number of ether oxygens (including phenoxy) is 1. The number of hydrogen-bond acceptors (Lipinski definition) is 2. The molecule has 0 heterocycles. The molecular weight excluding hydrogens is 347 g/mol. The van der Waals surface area contributed by atoms with E-state index < -0.39 is 11.7 Å². The predicted octanol–water partition coefficient (Wildman–Crippen LogP) is 4.51. The van der Waals surface area contributed by atoms with Crippen LogP contribution in [0.15, 0.2) is 46.9 Å². The lowest BCUT2D eigenvalue weighted by Gasteiger charge is -2.14. The van der Waals surface area contributed by atoms with Crippen molar-refractivity contribution < 1.29 is 17.9 Å². The summed E-state index contributed by atoms with van der Waals surface area (Å²) in [5, 5.41) is 0. The predicted molar refractivity (Wildman–Crippen MR) is 77.8 cm³/mol. The fraction of sp³-hybridized carbons (Fsp3) is 0.200. The maximum Gasteiger partial charge on any atom is 0.419 e. The van der Waals surface area contributed by atoms with Crippen molar-refractivity contribution in [2.45, 2.75) is 19.3 Å². The van der Waals surface area contributed by atoms with Crippen molar-refractivity contribution in [3.05, 3.63) is 63.6 Å². The van der Waals surface area contributed by atoms with E-state index in [0.29, 0.717) is 6.54 Å². The van der Waals surface area contributed by atoms with Gasteiger partial charge in [0.05, 0.1) is 5.56 Å². The summed E-state index contributed by atoms with van der Waals surface area (Å²) in [6.07, 6.45) is -4.43. The highest BCUT2D eigenvalue weighted by atomic mass is 79.9. The zero-order valence-corrected chi connectivity index (χ0v) is 12.5. The summed E-state index contributed by atoms with van der Waals surface area (Å²) in [6, 6.07) is 10.6. The standard InChI is InChI=1S/C15H13BrF3NO/c16-13-7-10(8-20)5-6-11(13)9-21-14-4-2-1-3-12(14)15(17,18)19/h1-7H,8-9,20H2. The fourth-order valence-electron chi connectivity index (χ4n) is 1.82. The zero-order chi connectivity index (χ0) is 15.5. The summed E-state index contributed by atoms with van der Waals surface area (Å²) in [7, 11) is 0. The minimum atomic E-state index is -4.43. The first-order chi connectivity index (χ1) is 9.91. The van der Waals surface area contributed by atoms with Crippen LogP contribution in [0.4, 0.5) is 13.2 Å². The third-order valence-corrected chi connectivity index (χ3v) is 3.67. The molecule has 2 rings (SSSR count). The van der Waals surface area contributed by atoms with E-state index in [-0.39, 0.29) is 12.4 Å². The molecule has 0 saturated carbocycles. The first-order valence-corrected chi connectivity index (χ1v) is 6.97. The minimum absolute atomic E-state index is 0.0402. The van der Waals surface area contributed by atoms with Gasteiger partial charge in [0.25, 0.3) is 0 Å². The van der Waals surface area contributed by atoms with Crippen LogP contribution in [0.1, 0.15) is 16.7 Å². The average molecular weight is 360 g/mol. The largest absolute Gasteiger partial charge is 0.488 e. The van der Waals surface area contributed by atoms with Crippen LogP contribution in [-0.4, -0.2) is 0 Å². The number of para-hydroxylation sites is 1. The highest BCUT2D eigenvalue weighted by Gasteiger charge is 2.34. The van der Waals surface area contributed by atoms with Crippen LogP contribution < -0.4 is 10.5 Å². The molecule has 0 atom stereocenters. The third kappa shape index (κ3) is 3.98. The Balaban J connectivity index is 2.17. The molecule has 0 saturated heterocycles. The average Bonchev–Trinajstić information content (AvgIpc) is 2.45. The normalized spacial score (nSPS) is 11.5. The number of nitrogens with two attached hydrogens (primary N) is 1. The van der Waals surface area contributed by atoms with Crippen molar-refractivity contribution in [2.75, 3.05) is 0 Å². The van der Waals surface area contributed by atoms with E-state index in [1.54, 1.807) is 6.07 Å². The van der Waals surface area contributed by atoms with Crippen LogP contribution in [0.25, 0.3) is 0 Å². The van der Waals surface area contributed by atoms with Gasteiger partial charge in [-0.2, -0.15) is 13.2 Å². The first-order valence-electron chi connectivity index (χ1n) is 6.18. The molecule has 0 unspecified atom stereocenters. The van der Waals surface area contributed by atoms with E-state index in [9.17, 15) is 13.2 Å². The van der Waals surface area contributed by atoms with Gasteiger partial charge in [-0.25, -0.2) is 0 Å². The van der Waals surface area contributed by atoms with Crippen molar-refractivity contribution in [3.63, 3.8) is 0 Å². The zero-order valence-electron chi connectivity index (χ0n) is 11.0. The summed E-state index contributed by atoms with van der Waals surface area (Å²) in [5.41, 5.74) is 6.43. The van der Waals surface area contributed by atoms with E-state index in [4.69, 9.17) is 10.5 Å². The molecule has 2 aromatic carbocycles. The van der Waals surface area contributed by atoms with Crippen molar-refractivity contribution in [1.82, 2.24) is 0 Å². The molecule has 0 radical (unpaired) electrons. The Morgan fingerprint density at radius 1 is 1.10 bits per heavy atom. The van der Waals surface area contributed by atoms with Gasteiger partial charge in [0.15, 0.2) is 0 Å². The molecule has 112 valence electrons. The van der Waals surface area contributed by atoms with Gasteiger partial charge in [-0.1, -0.05) is 40.2 Å². The molecule has 0 aromatic heterocycles. The van der Waals surface area contributed by atoms with Gasteiger partial charge in [0.1, 0.15) is 12.4 Å². The van der Waals surface area contributed by atoms with Crippen LogP contribution in [-0.2, 0) is 19.3 Å². The second-order valence-corrected chi connectivity index (χ2v) is 5.27. The maximum atomic E-state index is 12.8. The van der Waals surface area contributed by atoms with E-state index in [0.717, 1.165) is 21.7 Å². The molecule has 0 spiro atoms. The number of rotatable bonds is 4. The van der Waals surface area contributed by atoms with E-state index in [2.05, 4.69) is 15.9 Å². The number of alkyl halides is 3. The lowest BCUT2D eigenvalue weighted by atomic mass is 10.1. The van der Waals surface area contributed by atoms with Crippen LogP contribution in [0.5, 0.6) is 5.75 Å². The number of hydrogen-bond donors (Lipinski definition) is 1. The highest BCUT2D eigenvalue weighted by Crippen LogP contribution is 2.36. The Morgan fingerprint density at radius 2 is 1.81 bits per heavy atom. The monoisotopic (exact) mass is 359 g/mol. The van der Waals surface area contributed by atoms with Crippen molar-refractivity contribution in [3.8, 4) is 5.75 Å². The molecule has 0 fully saturated rings. The topological polar surface area (TPSA) is 35.2 Å². The summed E-state index contributed by atoms with van der Waals surface area (Å²) >= 11 is 3.36. The fourth-order valence-corrected chi connectivity index (χ4v) is 2.36. The van der Waals surface area contributed by atoms with Crippen molar-refractivity contribution in [1.29, 1.82) is 0 Å². The van der Waals surface area contributed by atoms with E-state index >= 15 is 0 Å². The first kappa shape index (κ1) is 15.9. The van der Waals surface area contributed by atoms with Gasteiger partial charge in [-0.15, -0.1) is 0 Å². The molecule has 0 aliphatic rings. The summed E-state index contributed by atoms with van der Waals surface area (Å²) in [4.78, 5) is 0. The Morgan fingerprint density at radius 3 is 2.43 bits per heavy atom. The van der Waals surface area contributed by atoms with Crippen LogP contribution in [0, 0.1) is 0 Å². The van der Waals surface area contributed by atoms with E-state index in [1.165, 1.54) is 18.2 Å². The number of halogens is 4. The molecule has 0 bridgehead atoms. The minimum Gasteiger partial charge on any atom is -0.488 e. The molecule has 0 aliphatic carbocycles. The second kappa shape index (κ2) is 6.49. The molecular formula is C15H13BrF3NO. The maximum absolute atomic E-state index is 12.8. The van der Waals surface area contributed by atoms with Crippen LogP contribution in [0.3, 0.4) is 0 Å². The second-order valence-electron chi connectivity index (χ2n) is 4.41. The molecule has 21 heavy (non-hydrogen) atoms. The van der Waals surface area contributed by atoms with Crippen molar-refractivity contribution >= 4 is 15.9 Å². The molecule has 2 aromatic rings. The van der Waals surface area contributed by atoms with Gasteiger partial charge >= 0.3 is 6.18 Å². The van der Waals surface area contributed by atoms with Crippen LogP contribution >= 0.6 is 15.9 Å². The number of benzene rings is 2. The molecule has 0 aliphatic heterocycles. The molecule has 2 N–H and O–H groups in total. The van der Waals surface area contributed by atoms with Crippen LogP contribution in [0.2, 0.25) is 0 Å². The van der Waals surface area contributed by atoms with Gasteiger partial charge in [-0.3, -0.25) is 0 Å². The van der Waals surface area contributed by atoms with Gasteiger partial charge in [-0.05, 0) is 23.8 Å². The highest BCUT2D eigenvalue weighted by molar-refractivity contribution is 9.10. The van der Waals surface area contributed by atoms with Gasteiger partial charge in [0, 0.05) is 16.6 Å². The molecule has 6 heteroatoms. The Bertz CT molecular complexity index is 629. The van der Waals surface area contributed by atoms with E-state index in [1.807, 2.05) is 12.1 Å². The Kier molecular flexibility index (Phi) is 4.90. The molecule has 2 nitrogen and oxygen atoms in total. The summed E-state index contributed by atoms with van der Waals surface area (Å²) < 4.78 is 44.6. The lowest BCUT2D eigenvalue weighted by molar-refractivity contribution is -0.139. The third-order valence-electron chi connectivity index (χ3n) is 2.93. The molecule has 0 amide bonds. The lowest BCUT2D eigenvalue weighted by Crippen LogP contribution is -2.08. The SMILES string of the molecule is NCc1ccc(COc2ccccc2C(F)(F)F)c(Br)c1.